The van der Waals surface area contributed by atoms with Crippen LogP contribution in [0.1, 0.15) is 0 Å². The summed E-state index contributed by atoms with van der Waals surface area (Å²) in [5, 5.41) is 9.91. The van der Waals surface area contributed by atoms with E-state index >= 15 is 0 Å². The average Bonchev–Trinajstić information content (AvgIpc) is 3.24. The van der Waals surface area contributed by atoms with Crippen molar-refractivity contribution in [3.05, 3.63) is 94.0 Å². The summed E-state index contributed by atoms with van der Waals surface area (Å²) >= 11 is 6.09. The molecule has 0 radical (unpaired) electrons. The SMILES string of the molecule is O=c1c2ccccc2c(-c2nc(-c3cccc(F)c3)no2)nn1-c1cccc(Cl)c1. The van der Waals surface area contributed by atoms with Crippen LogP contribution in [0.5, 0.6) is 0 Å². The molecule has 0 aliphatic rings. The average molecular weight is 419 g/mol. The molecular formula is C22H12ClFN4O2. The molecule has 0 atom stereocenters. The Morgan fingerprint density at radius 2 is 1.73 bits per heavy atom. The van der Waals surface area contributed by atoms with E-state index < -0.39 is 5.82 Å². The Morgan fingerprint density at radius 1 is 0.933 bits per heavy atom. The van der Waals surface area contributed by atoms with Gasteiger partial charge in [0.1, 0.15) is 5.82 Å². The maximum absolute atomic E-state index is 13.6. The van der Waals surface area contributed by atoms with Crippen LogP contribution in [0, 0.1) is 5.82 Å². The third-order valence-electron chi connectivity index (χ3n) is 4.57. The summed E-state index contributed by atoms with van der Waals surface area (Å²) in [5.74, 6) is -0.0749. The number of fused-ring (bicyclic) bond motifs is 1. The molecule has 0 N–H and O–H groups in total. The predicted octanol–water partition coefficient (Wildman–Crippen LogP) is 4.90. The van der Waals surface area contributed by atoms with E-state index in [9.17, 15) is 9.18 Å². The molecular weight excluding hydrogens is 407 g/mol. The maximum Gasteiger partial charge on any atom is 0.279 e. The third-order valence-corrected chi connectivity index (χ3v) is 4.80. The van der Waals surface area contributed by atoms with Gasteiger partial charge in [-0.25, -0.2) is 4.39 Å². The van der Waals surface area contributed by atoms with E-state index in [1.54, 1.807) is 60.7 Å². The fourth-order valence-electron chi connectivity index (χ4n) is 3.19. The summed E-state index contributed by atoms with van der Waals surface area (Å²) in [6.07, 6.45) is 0. The zero-order valence-corrected chi connectivity index (χ0v) is 16.0. The van der Waals surface area contributed by atoms with Gasteiger partial charge in [0.2, 0.25) is 5.82 Å². The van der Waals surface area contributed by atoms with E-state index in [4.69, 9.17) is 16.1 Å². The molecule has 146 valence electrons. The minimum Gasteiger partial charge on any atom is -0.332 e. The lowest BCUT2D eigenvalue weighted by Gasteiger charge is -2.09. The lowest BCUT2D eigenvalue weighted by Crippen LogP contribution is -2.22. The molecule has 0 bridgehead atoms. The highest BCUT2D eigenvalue weighted by atomic mass is 35.5. The van der Waals surface area contributed by atoms with Crippen LogP contribution in [0.3, 0.4) is 0 Å². The zero-order chi connectivity index (χ0) is 20.7. The Labute approximate surface area is 174 Å². The van der Waals surface area contributed by atoms with Crippen molar-refractivity contribution in [1.29, 1.82) is 0 Å². The Kier molecular flexibility index (Phi) is 4.37. The first kappa shape index (κ1) is 18.2. The van der Waals surface area contributed by atoms with Crippen molar-refractivity contribution < 1.29 is 8.91 Å². The lowest BCUT2D eigenvalue weighted by atomic mass is 10.1. The van der Waals surface area contributed by atoms with E-state index in [0.717, 1.165) is 0 Å². The van der Waals surface area contributed by atoms with Crippen LogP contribution in [0.15, 0.2) is 82.1 Å². The second kappa shape index (κ2) is 7.20. The van der Waals surface area contributed by atoms with E-state index in [1.807, 2.05) is 0 Å². The Morgan fingerprint density at radius 3 is 2.53 bits per heavy atom. The standard InChI is InChI=1S/C22H12ClFN4O2/c23-14-6-4-8-16(12-14)28-22(29)18-10-2-1-9-17(18)19(26-28)21-25-20(27-30-21)13-5-3-7-15(24)11-13/h1-12H. The monoisotopic (exact) mass is 418 g/mol. The van der Waals surface area contributed by atoms with Crippen LogP contribution in [0.25, 0.3) is 39.4 Å². The van der Waals surface area contributed by atoms with Crippen molar-refractivity contribution in [1.82, 2.24) is 19.9 Å². The van der Waals surface area contributed by atoms with Crippen LogP contribution >= 0.6 is 11.6 Å². The predicted molar refractivity (Wildman–Crippen MR) is 111 cm³/mol. The molecule has 2 heterocycles. The fraction of sp³-hybridized carbons (Fsp3) is 0. The minimum absolute atomic E-state index is 0.112. The Hall–Kier alpha value is -3.84. The van der Waals surface area contributed by atoms with E-state index in [-0.39, 0.29) is 17.3 Å². The summed E-state index contributed by atoms with van der Waals surface area (Å²) in [6, 6.07) is 19.7. The molecule has 0 aliphatic carbocycles. The molecule has 5 aromatic rings. The van der Waals surface area contributed by atoms with Gasteiger partial charge in [0.15, 0.2) is 5.69 Å². The Bertz CT molecular complexity index is 1460. The minimum atomic E-state index is -0.406. The molecule has 6 nitrogen and oxygen atoms in total. The topological polar surface area (TPSA) is 73.8 Å². The highest BCUT2D eigenvalue weighted by Gasteiger charge is 2.19. The number of nitrogens with zero attached hydrogens (tertiary/aromatic N) is 4. The number of rotatable bonds is 3. The second-order valence-corrected chi connectivity index (χ2v) is 6.96. The van der Waals surface area contributed by atoms with E-state index in [1.165, 1.54) is 16.8 Å². The molecule has 8 heteroatoms. The van der Waals surface area contributed by atoms with Gasteiger partial charge in [0.05, 0.1) is 11.1 Å². The molecule has 30 heavy (non-hydrogen) atoms. The van der Waals surface area contributed by atoms with Crippen molar-refractivity contribution >= 4 is 22.4 Å². The molecule has 0 fully saturated rings. The van der Waals surface area contributed by atoms with Gasteiger partial charge in [-0.3, -0.25) is 4.79 Å². The van der Waals surface area contributed by atoms with Crippen LogP contribution in [-0.4, -0.2) is 19.9 Å². The van der Waals surface area contributed by atoms with Crippen LogP contribution in [0.2, 0.25) is 5.02 Å². The first-order valence-electron chi connectivity index (χ1n) is 8.98. The first-order chi connectivity index (χ1) is 14.6. The van der Waals surface area contributed by atoms with Gasteiger partial charge in [0, 0.05) is 16.0 Å². The number of aromatic nitrogens is 4. The quantitative estimate of drug-likeness (QED) is 0.417. The van der Waals surface area contributed by atoms with Gasteiger partial charge in [0.25, 0.3) is 11.4 Å². The number of halogens is 2. The van der Waals surface area contributed by atoms with Crippen molar-refractivity contribution in [2.24, 2.45) is 0 Å². The van der Waals surface area contributed by atoms with Crippen molar-refractivity contribution in [3.8, 4) is 28.7 Å². The largest absolute Gasteiger partial charge is 0.332 e. The summed E-state index contributed by atoms with van der Waals surface area (Å²) < 4.78 is 20.2. The van der Waals surface area contributed by atoms with Gasteiger partial charge in [-0.1, -0.05) is 53.2 Å². The highest BCUT2D eigenvalue weighted by molar-refractivity contribution is 6.30. The second-order valence-electron chi connectivity index (χ2n) is 6.52. The number of benzene rings is 3. The Balaban J connectivity index is 1.74. The molecule has 0 saturated heterocycles. The van der Waals surface area contributed by atoms with Gasteiger partial charge >= 0.3 is 0 Å². The normalized spacial score (nSPS) is 11.1. The highest BCUT2D eigenvalue weighted by Crippen LogP contribution is 2.27. The van der Waals surface area contributed by atoms with E-state index in [2.05, 4.69) is 15.2 Å². The van der Waals surface area contributed by atoms with Gasteiger partial charge in [-0.2, -0.15) is 14.8 Å². The van der Waals surface area contributed by atoms with Gasteiger partial charge < -0.3 is 4.52 Å². The fourth-order valence-corrected chi connectivity index (χ4v) is 3.38. The summed E-state index contributed by atoms with van der Waals surface area (Å²) in [4.78, 5) is 17.4. The molecule has 0 aliphatic heterocycles. The third kappa shape index (κ3) is 3.15. The molecule has 0 unspecified atom stereocenters. The van der Waals surface area contributed by atoms with Gasteiger partial charge in [-0.15, -0.1) is 0 Å². The summed E-state index contributed by atoms with van der Waals surface area (Å²) in [5.41, 5.74) is 1.00. The van der Waals surface area contributed by atoms with E-state index in [0.29, 0.717) is 32.7 Å². The molecule has 0 amide bonds. The maximum atomic E-state index is 13.6. The van der Waals surface area contributed by atoms with Crippen LogP contribution < -0.4 is 5.56 Å². The number of hydrogen-bond acceptors (Lipinski definition) is 5. The number of hydrogen-bond donors (Lipinski definition) is 0. The lowest BCUT2D eigenvalue weighted by molar-refractivity contribution is 0.430. The summed E-state index contributed by atoms with van der Waals surface area (Å²) in [6.45, 7) is 0. The molecule has 5 rings (SSSR count). The molecule has 0 saturated carbocycles. The molecule has 2 aromatic heterocycles. The summed E-state index contributed by atoms with van der Waals surface area (Å²) in [7, 11) is 0. The zero-order valence-electron chi connectivity index (χ0n) is 15.3. The molecule has 0 spiro atoms. The van der Waals surface area contributed by atoms with Crippen molar-refractivity contribution in [3.63, 3.8) is 0 Å². The first-order valence-corrected chi connectivity index (χ1v) is 9.36. The van der Waals surface area contributed by atoms with Crippen LogP contribution in [0.4, 0.5) is 4.39 Å². The molecule has 3 aromatic carbocycles. The van der Waals surface area contributed by atoms with Crippen molar-refractivity contribution in [2.45, 2.75) is 0 Å². The van der Waals surface area contributed by atoms with Gasteiger partial charge in [-0.05, 0) is 36.4 Å². The van der Waals surface area contributed by atoms with Crippen LogP contribution in [-0.2, 0) is 0 Å². The van der Waals surface area contributed by atoms with Crippen molar-refractivity contribution in [2.75, 3.05) is 0 Å². The smallest absolute Gasteiger partial charge is 0.279 e.